The Morgan fingerprint density at radius 3 is 2.73 bits per heavy atom. The Bertz CT molecular complexity index is 1110. The number of hydrogen-bond donors (Lipinski definition) is 2. The van der Waals surface area contributed by atoms with E-state index in [0.717, 1.165) is 11.8 Å². The molecule has 4 atom stereocenters. The van der Waals surface area contributed by atoms with Gasteiger partial charge in [0.1, 0.15) is 12.6 Å². The smallest absolute Gasteiger partial charge is 0.410 e. The highest BCUT2D eigenvalue weighted by Gasteiger charge is 2.39. The van der Waals surface area contributed by atoms with E-state index in [1.807, 2.05) is 22.6 Å². The second-order valence-electron chi connectivity index (χ2n) is 11.1. The lowest BCUT2D eigenvalue weighted by molar-refractivity contribution is -0.126. The van der Waals surface area contributed by atoms with E-state index in [9.17, 15) is 9.59 Å². The number of nitrogens with zero attached hydrogens (tertiary/aromatic N) is 4. The van der Waals surface area contributed by atoms with E-state index in [1.54, 1.807) is 18.7 Å². The van der Waals surface area contributed by atoms with Gasteiger partial charge in [0.15, 0.2) is 11.5 Å². The molecule has 2 aliphatic carbocycles. The number of amides is 2. The van der Waals surface area contributed by atoms with Crippen LogP contribution in [0.1, 0.15) is 57.1 Å². The first-order valence-corrected chi connectivity index (χ1v) is 13.3. The summed E-state index contributed by atoms with van der Waals surface area (Å²) in [6, 6.07) is 4.95. The first kappa shape index (κ1) is 25.9. The Labute approximate surface area is 217 Å². The molecular formula is C26H38N6O5. The van der Waals surface area contributed by atoms with E-state index in [-0.39, 0.29) is 25.2 Å². The van der Waals surface area contributed by atoms with Gasteiger partial charge in [-0.05, 0) is 63.0 Å². The Morgan fingerprint density at radius 1 is 1.22 bits per heavy atom. The Morgan fingerprint density at radius 2 is 2.03 bits per heavy atom. The number of nitrogens with one attached hydrogen (secondary N) is 1. The molecule has 1 saturated heterocycles. The number of aromatic nitrogens is 3. The van der Waals surface area contributed by atoms with Crippen LogP contribution in [0.2, 0.25) is 0 Å². The van der Waals surface area contributed by atoms with Crippen LogP contribution in [0.25, 0.3) is 5.65 Å². The van der Waals surface area contributed by atoms with Crippen LogP contribution < -0.4 is 11.1 Å². The maximum Gasteiger partial charge on any atom is 0.410 e. The van der Waals surface area contributed by atoms with Crippen LogP contribution in [-0.2, 0) is 25.6 Å². The molecule has 37 heavy (non-hydrogen) atoms. The summed E-state index contributed by atoms with van der Waals surface area (Å²) in [6.07, 6.45) is 4.79. The summed E-state index contributed by atoms with van der Waals surface area (Å²) < 4.78 is 18.9. The average molecular weight is 515 g/mol. The fourth-order valence-electron chi connectivity index (χ4n) is 5.79. The highest BCUT2D eigenvalue weighted by molar-refractivity contribution is 5.85. The predicted octanol–water partition coefficient (Wildman–Crippen LogP) is 2.05. The largest absolute Gasteiger partial charge is 0.443 e. The molecule has 5 rings (SSSR count). The molecule has 1 unspecified atom stereocenters. The number of hydrogen-bond acceptors (Lipinski definition) is 8. The van der Waals surface area contributed by atoms with Crippen LogP contribution in [-0.4, -0.2) is 76.6 Å². The van der Waals surface area contributed by atoms with Gasteiger partial charge in [-0.15, -0.1) is 10.2 Å². The lowest BCUT2D eigenvalue weighted by atomic mass is 9.89. The standard InChI is InChI=1S/C26H38N6O5/c1-26(2,27)24(33)28-21(16-36-14-19-13-17-6-7-18(19)12-17)23-30-29-22-5-3-4-20(32(22)23)15-37-25(34)31-8-10-35-11-9-31/h3-5,17-19,21H,6-16,27H2,1-2H3,(H,28,33)/t17-,18+,19?,21+/m0/s1. The molecular weight excluding hydrogens is 476 g/mol. The van der Waals surface area contributed by atoms with Crippen molar-refractivity contribution in [3.63, 3.8) is 0 Å². The summed E-state index contributed by atoms with van der Waals surface area (Å²) >= 11 is 0. The molecule has 3 aliphatic rings. The third kappa shape index (κ3) is 5.89. The summed E-state index contributed by atoms with van der Waals surface area (Å²) in [5.74, 6) is 2.37. The summed E-state index contributed by atoms with van der Waals surface area (Å²) in [5, 5.41) is 11.7. The molecule has 2 saturated carbocycles. The van der Waals surface area contributed by atoms with Crippen LogP contribution in [0.3, 0.4) is 0 Å². The van der Waals surface area contributed by atoms with Gasteiger partial charge < -0.3 is 30.2 Å². The average Bonchev–Trinajstić information content (AvgIpc) is 3.63. The number of fused-ring (bicyclic) bond motifs is 3. The molecule has 2 bridgehead atoms. The zero-order valence-corrected chi connectivity index (χ0v) is 21.7. The van der Waals surface area contributed by atoms with Crippen LogP contribution in [0.5, 0.6) is 0 Å². The van der Waals surface area contributed by atoms with Crippen molar-refractivity contribution in [2.75, 3.05) is 39.5 Å². The van der Waals surface area contributed by atoms with Crippen LogP contribution in [0, 0.1) is 17.8 Å². The first-order chi connectivity index (χ1) is 17.8. The minimum atomic E-state index is -1.07. The van der Waals surface area contributed by atoms with Crippen molar-refractivity contribution in [1.29, 1.82) is 0 Å². The third-order valence-electron chi connectivity index (χ3n) is 7.85. The highest BCUT2D eigenvalue weighted by atomic mass is 16.6. The molecule has 11 nitrogen and oxygen atoms in total. The molecule has 0 spiro atoms. The predicted molar refractivity (Wildman–Crippen MR) is 134 cm³/mol. The molecule has 3 N–H and O–H groups in total. The molecule has 0 radical (unpaired) electrons. The molecule has 2 aromatic heterocycles. The Kier molecular flexibility index (Phi) is 7.64. The highest BCUT2D eigenvalue weighted by Crippen LogP contribution is 2.48. The molecule has 11 heteroatoms. The lowest BCUT2D eigenvalue weighted by Crippen LogP contribution is -2.51. The van der Waals surface area contributed by atoms with Crippen LogP contribution in [0.4, 0.5) is 4.79 Å². The van der Waals surface area contributed by atoms with E-state index in [0.29, 0.717) is 56.0 Å². The number of ether oxygens (including phenoxy) is 3. The van der Waals surface area contributed by atoms with Gasteiger partial charge in [0.25, 0.3) is 0 Å². The summed E-state index contributed by atoms with van der Waals surface area (Å²) in [4.78, 5) is 27.1. The quantitative estimate of drug-likeness (QED) is 0.519. The molecule has 2 aromatic rings. The van der Waals surface area contributed by atoms with E-state index in [2.05, 4.69) is 15.5 Å². The van der Waals surface area contributed by atoms with Gasteiger partial charge in [-0.1, -0.05) is 12.5 Å². The maximum absolute atomic E-state index is 12.9. The van der Waals surface area contributed by atoms with Crippen molar-refractivity contribution < 1.29 is 23.8 Å². The zero-order chi connectivity index (χ0) is 26.0. The second-order valence-corrected chi connectivity index (χ2v) is 11.1. The van der Waals surface area contributed by atoms with Crippen LogP contribution >= 0.6 is 0 Å². The monoisotopic (exact) mass is 514 g/mol. The Balaban J connectivity index is 1.32. The Hall–Kier alpha value is -2.76. The van der Waals surface area contributed by atoms with Gasteiger partial charge in [-0.2, -0.15) is 0 Å². The number of nitrogens with two attached hydrogens (primary N) is 1. The fourth-order valence-corrected chi connectivity index (χ4v) is 5.79. The van der Waals surface area contributed by atoms with Crippen LogP contribution in [0.15, 0.2) is 18.2 Å². The number of carbonyl (C=O) groups is 2. The van der Waals surface area contributed by atoms with Crippen molar-refractivity contribution in [2.45, 2.75) is 57.7 Å². The maximum atomic E-state index is 12.9. The van der Waals surface area contributed by atoms with Gasteiger partial charge >= 0.3 is 6.09 Å². The topological polar surface area (TPSA) is 133 Å². The number of morpholine rings is 1. The molecule has 202 valence electrons. The van der Waals surface area contributed by atoms with Crippen molar-refractivity contribution in [3.8, 4) is 0 Å². The van der Waals surface area contributed by atoms with Crippen molar-refractivity contribution >= 4 is 17.6 Å². The number of rotatable bonds is 9. The molecule has 1 aliphatic heterocycles. The van der Waals surface area contributed by atoms with E-state index in [1.165, 1.54) is 25.7 Å². The minimum Gasteiger partial charge on any atom is -0.443 e. The van der Waals surface area contributed by atoms with E-state index >= 15 is 0 Å². The van der Waals surface area contributed by atoms with Crippen molar-refractivity contribution in [2.24, 2.45) is 23.5 Å². The fraction of sp³-hybridized carbons (Fsp3) is 0.692. The van der Waals surface area contributed by atoms with Gasteiger partial charge in [0, 0.05) is 19.7 Å². The second kappa shape index (κ2) is 10.9. The van der Waals surface area contributed by atoms with Crippen molar-refractivity contribution in [3.05, 3.63) is 29.7 Å². The van der Waals surface area contributed by atoms with Gasteiger partial charge in [0.05, 0.1) is 31.1 Å². The summed E-state index contributed by atoms with van der Waals surface area (Å²) in [6.45, 7) is 6.28. The third-order valence-corrected chi connectivity index (χ3v) is 7.85. The lowest BCUT2D eigenvalue weighted by Gasteiger charge is -2.26. The summed E-state index contributed by atoms with van der Waals surface area (Å²) in [7, 11) is 0. The minimum absolute atomic E-state index is 0.0353. The number of carbonyl (C=O) groups excluding carboxylic acids is 2. The SMILES string of the molecule is CC(C)(N)C(=O)N[C@H](COCC1C[C@H]2CC[C@@H]1C2)c1nnc2cccc(COC(=O)N3CCOCC3)n12. The van der Waals surface area contributed by atoms with Crippen molar-refractivity contribution in [1.82, 2.24) is 24.8 Å². The molecule has 0 aromatic carbocycles. The number of pyridine rings is 1. The van der Waals surface area contributed by atoms with E-state index < -0.39 is 11.6 Å². The molecule has 3 heterocycles. The van der Waals surface area contributed by atoms with Gasteiger partial charge in [0.2, 0.25) is 5.91 Å². The molecule has 3 fully saturated rings. The van der Waals surface area contributed by atoms with Gasteiger partial charge in [-0.25, -0.2) is 4.79 Å². The van der Waals surface area contributed by atoms with E-state index in [4.69, 9.17) is 19.9 Å². The summed E-state index contributed by atoms with van der Waals surface area (Å²) in [5.41, 5.74) is 6.29. The van der Waals surface area contributed by atoms with Gasteiger partial charge in [-0.3, -0.25) is 9.20 Å². The normalized spacial score (nSPS) is 24.4. The first-order valence-electron chi connectivity index (χ1n) is 13.3. The zero-order valence-electron chi connectivity index (χ0n) is 21.7. The molecule has 2 amide bonds.